The molecule has 0 aromatic carbocycles. The van der Waals surface area contributed by atoms with Crippen LogP contribution in [-0.4, -0.2) is 33.9 Å². The Hall–Kier alpha value is -1.63. The van der Waals surface area contributed by atoms with Crippen LogP contribution in [0.2, 0.25) is 0 Å². The van der Waals surface area contributed by atoms with Crippen molar-refractivity contribution in [2.24, 2.45) is 5.92 Å². The molecule has 3 heterocycles. The van der Waals surface area contributed by atoms with E-state index in [-0.39, 0.29) is 24.2 Å². The fraction of sp³-hybridized carbons (Fsp3) is 0.714. The molecule has 1 aliphatic carbocycles. The Morgan fingerprint density at radius 1 is 1.18 bits per heavy atom. The number of fused-ring (bicyclic) bond motifs is 1. The maximum atomic E-state index is 13.0. The van der Waals surface area contributed by atoms with Crippen molar-refractivity contribution in [3.63, 3.8) is 0 Å². The van der Waals surface area contributed by atoms with E-state index < -0.39 is 12.1 Å². The van der Waals surface area contributed by atoms with Crippen LogP contribution in [0.3, 0.4) is 0 Å². The third-order valence-corrected chi connectivity index (χ3v) is 6.88. The van der Waals surface area contributed by atoms with E-state index in [1.165, 1.54) is 5.69 Å². The van der Waals surface area contributed by atoms with E-state index in [4.69, 9.17) is 10.1 Å². The number of nitrogens with zero attached hydrogens (tertiary/aromatic N) is 3. The lowest BCUT2D eigenvalue weighted by molar-refractivity contribution is -0.182. The average molecular weight is 394 g/mol. The van der Waals surface area contributed by atoms with Crippen LogP contribution in [0.25, 0.3) is 5.65 Å². The summed E-state index contributed by atoms with van der Waals surface area (Å²) in [6, 6.07) is 1.99. The molecule has 1 N–H and O–H groups in total. The minimum absolute atomic E-state index is 0.0223. The van der Waals surface area contributed by atoms with E-state index in [0.717, 1.165) is 48.5 Å². The molecule has 28 heavy (non-hydrogen) atoms. The maximum Gasteiger partial charge on any atom is 0.391 e. The summed E-state index contributed by atoms with van der Waals surface area (Å²) >= 11 is 0. The Morgan fingerprint density at radius 2 is 1.89 bits per heavy atom. The van der Waals surface area contributed by atoms with E-state index in [0.29, 0.717) is 12.8 Å². The van der Waals surface area contributed by atoms with Crippen molar-refractivity contribution in [1.29, 1.82) is 0 Å². The third-order valence-electron chi connectivity index (χ3n) is 6.88. The van der Waals surface area contributed by atoms with E-state index in [2.05, 4.69) is 19.2 Å². The Balaban J connectivity index is 1.69. The average Bonchev–Trinajstić information content (AvgIpc) is 3.05. The summed E-state index contributed by atoms with van der Waals surface area (Å²) in [6.07, 6.45) is -0.389. The number of halogens is 3. The molecule has 0 spiro atoms. The Bertz CT molecular complexity index is 857. The number of rotatable bonds is 2. The van der Waals surface area contributed by atoms with Gasteiger partial charge in [0.15, 0.2) is 5.65 Å². The molecule has 2 fully saturated rings. The topological polar surface area (TPSA) is 42.2 Å². The second-order valence-electron chi connectivity index (χ2n) is 8.94. The summed E-state index contributed by atoms with van der Waals surface area (Å²) in [5.41, 5.74) is 5.04. The number of nitrogens with one attached hydrogen (secondary N) is 1. The monoisotopic (exact) mass is 394 g/mol. The predicted molar refractivity (Wildman–Crippen MR) is 103 cm³/mol. The first-order chi connectivity index (χ1) is 13.2. The van der Waals surface area contributed by atoms with E-state index in [1.807, 2.05) is 17.5 Å². The smallest absolute Gasteiger partial charge is 0.316 e. The standard InChI is InChI=1S/C21H29F3N4/c1-13-14(2)26-18-11-17(15-5-7-16(8-6-15)21(22,23)24)27-28(18)19(13)20(3)9-4-10-25-12-20/h11,15-16,25H,4-10,12H2,1-3H3/t15?,16?,20-/m1/s1. The summed E-state index contributed by atoms with van der Waals surface area (Å²) in [7, 11) is 0. The summed E-state index contributed by atoms with van der Waals surface area (Å²) in [5, 5.41) is 8.40. The van der Waals surface area contributed by atoms with Gasteiger partial charge in [0.05, 0.1) is 17.3 Å². The van der Waals surface area contributed by atoms with Gasteiger partial charge in [-0.25, -0.2) is 9.50 Å². The highest BCUT2D eigenvalue weighted by molar-refractivity contribution is 5.47. The molecule has 1 saturated heterocycles. The van der Waals surface area contributed by atoms with Gasteiger partial charge in [0.1, 0.15) is 0 Å². The highest BCUT2D eigenvalue weighted by atomic mass is 19.4. The molecule has 4 rings (SSSR count). The van der Waals surface area contributed by atoms with Gasteiger partial charge in [-0.2, -0.15) is 18.3 Å². The first-order valence-electron chi connectivity index (χ1n) is 10.3. The van der Waals surface area contributed by atoms with Gasteiger partial charge in [0.2, 0.25) is 0 Å². The zero-order valence-electron chi connectivity index (χ0n) is 16.9. The number of aryl methyl sites for hydroxylation is 1. The molecule has 0 amide bonds. The van der Waals surface area contributed by atoms with Crippen LogP contribution < -0.4 is 5.32 Å². The van der Waals surface area contributed by atoms with Gasteiger partial charge in [0, 0.05) is 29.6 Å². The van der Waals surface area contributed by atoms with Gasteiger partial charge in [-0.15, -0.1) is 0 Å². The van der Waals surface area contributed by atoms with Crippen LogP contribution in [-0.2, 0) is 5.41 Å². The molecule has 1 saturated carbocycles. The summed E-state index contributed by atoms with van der Waals surface area (Å²) < 4.78 is 41.0. The molecule has 1 aliphatic heterocycles. The number of aromatic nitrogens is 3. The quantitative estimate of drug-likeness (QED) is 0.794. The van der Waals surface area contributed by atoms with Gasteiger partial charge in [0.25, 0.3) is 0 Å². The van der Waals surface area contributed by atoms with Crippen molar-refractivity contribution < 1.29 is 13.2 Å². The van der Waals surface area contributed by atoms with Crippen molar-refractivity contribution in [1.82, 2.24) is 19.9 Å². The van der Waals surface area contributed by atoms with Gasteiger partial charge in [-0.3, -0.25) is 0 Å². The SMILES string of the molecule is Cc1nc2cc(C3CCC(C(F)(F)F)CC3)nn2c([C@]2(C)CCCNC2)c1C. The van der Waals surface area contributed by atoms with Crippen LogP contribution in [0.15, 0.2) is 6.07 Å². The molecule has 0 radical (unpaired) electrons. The third kappa shape index (κ3) is 3.42. The highest BCUT2D eigenvalue weighted by Gasteiger charge is 2.42. The molecular formula is C21H29F3N4. The number of hydrogen-bond donors (Lipinski definition) is 1. The second-order valence-corrected chi connectivity index (χ2v) is 8.94. The fourth-order valence-corrected chi connectivity index (χ4v) is 5.10. The van der Waals surface area contributed by atoms with Gasteiger partial charge >= 0.3 is 6.18 Å². The van der Waals surface area contributed by atoms with Crippen LogP contribution in [0.4, 0.5) is 13.2 Å². The van der Waals surface area contributed by atoms with Crippen molar-refractivity contribution in [3.05, 3.63) is 28.7 Å². The molecule has 1 atom stereocenters. The van der Waals surface area contributed by atoms with Crippen molar-refractivity contribution >= 4 is 5.65 Å². The summed E-state index contributed by atoms with van der Waals surface area (Å²) in [5.74, 6) is -1.07. The highest BCUT2D eigenvalue weighted by Crippen LogP contribution is 2.43. The molecule has 2 aromatic rings. The minimum Gasteiger partial charge on any atom is -0.316 e. The fourth-order valence-electron chi connectivity index (χ4n) is 5.10. The molecule has 0 unspecified atom stereocenters. The predicted octanol–water partition coefficient (Wildman–Crippen LogP) is 4.82. The second kappa shape index (κ2) is 7.01. The van der Waals surface area contributed by atoms with Crippen molar-refractivity contribution in [3.8, 4) is 0 Å². The minimum atomic E-state index is -4.07. The molecule has 2 aliphatic rings. The number of alkyl halides is 3. The molecule has 0 bridgehead atoms. The van der Waals surface area contributed by atoms with Crippen LogP contribution in [0.1, 0.15) is 74.0 Å². The lowest BCUT2D eigenvalue weighted by Gasteiger charge is -2.36. The first-order valence-corrected chi connectivity index (χ1v) is 10.3. The Morgan fingerprint density at radius 3 is 2.50 bits per heavy atom. The zero-order valence-corrected chi connectivity index (χ0v) is 16.9. The van der Waals surface area contributed by atoms with E-state index in [1.54, 1.807) is 0 Å². The van der Waals surface area contributed by atoms with Crippen LogP contribution in [0, 0.1) is 19.8 Å². The Kier molecular flexibility index (Phi) is 4.92. The number of hydrogen-bond acceptors (Lipinski definition) is 3. The van der Waals surface area contributed by atoms with E-state index >= 15 is 0 Å². The maximum absolute atomic E-state index is 13.0. The Labute approximate surface area is 163 Å². The van der Waals surface area contributed by atoms with Gasteiger partial charge in [-0.05, 0) is 64.5 Å². The first kappa shape index (κ1) is 19.7. The lowest BCUT2D eigenvalue weighted by Crippen LogP contribution is -2.43. The van der Waals surface area contributed by atoms with E-state index in [9.17, 15) is 13.2 Å². The molecule has 2 aromatic heterocycles. The molecule has 4 nitrogen and oxygen atoms in total. The zero-order chi connectivity index (χ0) is 20.1. The van der Waals surface area contributed by atoms with Gasteiger partial charge in [-0.1, -0.05) is 6.92 Å². The molecule has 7 heteroatoms. The number of piperidine rings is 1. The molecular weight excluding hydrogens is 365 g/mol. The van der Waals surface area contributed by atoms with Crippen molar-refractivity contribution in [2.75, 3.05) is 13.1 Å². The molecule has 154 valence electrons. The summed E-state index contributed by atoms with van der Waals surface area (Å²) in [6.45, 7) is 8.34. The van der Waals surface area contributed by atoms with Crippen LogP contribution >= 0.6 is 0 Å². The van der Waals surface area contributed by atoms with Crippen molar-refractivity contribution in [2.45, 2.75) is 76.8 Å². The van der Waals surface area contributed by atoms with Gasteiger partial charge < -0.3 is 5.32 Å². The normalized spacial score (nSPS) is 29.4. The summed E-state index contributed by atoms with van der Waals surface area (Å²) in [4.78, 5) is 4.73. The van der Waals surface area contributed by atoms with Crippen LogP contribution in [0.5, 0.6) is 0 Å². The lowest BCUT2D eigenvalue weighted by atomic mass is 9.77. The largest absolute Gasteiger partial charge is 0.391 e.